The Morgan fingerprint density at radius 3 is 2.53 bits per heavy atom. The molecule has 0 aromatic rings. The lowest BCUT2D eigenvalue weighted by atomic mass is 10.1. The van der Waals surface area contributed by atoms with Crippen LogP contribution in [0.3, 0.4) is 0 Å². The Morgan fingerprint density at radius 1 is 1.53 bits per heavy atom. The van der Waals surface area contributed by atoms with Crippen LogP contribution in [0.5, 0.6) is 0 Å². The molecule has 1 rings (SSSR count). The lowest BCUT2D eigenvalue weighted by molar-refractivity contribution is -0.139. The van der Waals surface area contributed by atoms with Crippen LogP contribution in [0, 0.1) is 17.3 Å². The highest BCUT2D eigenvalue weighted by molar-refractivity contribution is 5.80. The van der Waals surface area contributed by atoms with Gasteiger partial charge in [-0.25, -0.2) is 0 Å². The third-order valence-corrected chi connectivity index (χ3v) is 2.98. The minimum Gasteiger partial charge on any atom is -0.481 e. The zero-order valence-electron chi connectivity index (χ0n) is 9.52. The van der Waals surface area contributed by atoms with Gasteiger partial charge in [-0.05, 0) is 23.8 Å². The first-order valence-electron chi connectivity index (χ1n) is 4.89. The summed E-state index contributed by atoms with van der Waals surface area (Å²) < 4.78 is 0. The number of nitrogens with zero attached hydrogens (tertiary/aromatic N) is 1. The summed E-state index contributed by atoms with van der Waals surface area (Å²) in [6.45, 7) is 5.82. The van der Waals surface area contributed by atoms with Gasteiger partial charge >= 0.3 is 5.97 Å². The molecule has 1 N–H and O–H groups in total. The molecule has 1 aliphatic carbocycles. The van der Waals surface area contributed by atoms with E-state index >= 15 is 0 Å². The summed E-state index contributed by atoms with van der Waals surface area (Å²) >= 11 is 0. The van der Waals surface area contributed by atoms with Crippen LogP contribution < -0.4 is 0 Å². The molecule has 0 aromatic heterocycles. The molecular weight excluding hydrogens is 194 g/mol. The van der Waals surface area contributed by atoms with Crippen LogP contribution in [0.2, 0.25) is 0 Å². The van der Waals surface area contributed by atoms with Crippen molar-refractivity contribution < 1.29 is 14.7 Å². The summed E-state index contributed by atoms with van der Waals surface area (Å²) in [6.07, 6.45) is 3.54. The molecule has 0 aliphatic heterocycles. The van der Waals surface area contributed by atoms with Crippen molar-refractivity contribution in [2.45, 2.75) is 20.8 Å². The van der Waals surface area contributed by atoms with Crippen molar-refractivity contribution in [3.8, 4) is 0 Å². The van der Waals surface area contributed by atoms with Gasteiger partial charge in [-0.1, -0.05) is 25.1 Å². The monoisotopic (exact) mass is 211 g/mol. The number of carbonyl (C=O) groups is 1. The number of rotatable bonds is 4. The van der Waals surface area contributed by atoms with Crippen LogP contribution >= 0.6 is 0 Å². The minimum atomic E-state index is -0.724. The Hall–Kier alpha value is -1.32. The zero-order valence-corrected chi connectivity index (χ0v) is 9.52. The van der Waals surface area contributed by atoms with E-state index in [1.165, 1.54) is 7.11 Å². The Balaban J connectivity index is 2.69. The average Bonchev–Trinajstić information content (AvgIpc) is 2.64. The molecule has 15 heavy (non-hydrogen) atoms. The lowest BCUT2D eigenvalue weighted by Gasteiger charge is -1.97. The summed E-state index contributed by atoms with van der Waals surface area (Å²) in [5.41, 5.74) is 0.784. The third-order valence-electron chi connectivity index (χ3n) is 2.98. The van der Waals surface area contributed by atoms with E-state index in [4.69, 9.17) is 5.11 Å². The predicted octanol–water partition coefficient (Wildman–Crippen LogP) is 1.92. The minimum absolute atomic E-state index is 0.0957. The number of carboxylic acid groups (broad SMARTS) is 1. The van der Waals surface area contributed by atoms with Gasteiger partial charge in [0.1, 0.15) is 7.11 Å². The molecule has 2 atom stereocenters. The SMILES string of the molecule is CON=CC(C)=CC1C(C(=O)O)C1(C)C. The van der Waals surface area contributed by atoms with E-state index in [2.05, 4.69) is 9.99 Å². The third kappa shape index (κ3) is 2.37. The number of hydrogen-bond acceptors (Lipinski definition) is 3. The number of aliphatic carboxylic acids is 1. The molecule has 1 fully saturated rings. The van der Waals surface area contributed by atoms with Gasteiger partial charge in [-0.3, -0.25) is 4.79 Å². The van der Waals surface area contributed by atoms with Crippen LogP contribution in [0.15, 0.2) is 16.8 Å². The van der Waals surface area contributed by atoms with Gasteiger partial charge in [0.2, 0.25) is 0 Å². The van der Waals surface area contributed by atoms with Gasteiger partial charge in [0.25, 0.3) is 0 Å². The van der Waals surface area contributed by atoms with Crippen molar-refractivity contribution in [1.82, 2.24) is 0 Å². The second-order valence-corrected chi connectivity index (χ2v) is 4.49. The van der Waals surface area contributed by atoms with E-state index in [1.807, 2.05) is 26.8 Å². The summed E-state index contributed by atoms with van der Waals surface area (Å²) in [5, 5.41) is 12.6. The largest absolute Gasteiger partial charge is 0.481 e. The van der Waals surface area contributed by atoms with Crippen molar-refractivity contribution >= 4 is 12.2 Å². The molecule has 4 heteroatoms. The van der Waals surface area contributed by atoms with Gasteiger partial charge in [-0.2, -0.15) is 0 Å². The highest BCUT2D eigenvalue weighted by atomic mass is 16.6. The quantitative estimate of drug-likeness (QED) is 0.571. The van der Waals surface area contributed by atoms with Crippen molar-refractivity contribution in [1.29, 1.82) is 0 Å². The molecule has 84 valence electrons. The van der Waals surface area contributed by atoms with E-state index in [0.29, 0.717) is 0 Å². The molecule has 0 heterocycles. The van der Waals surface area contributed by atoms with E-state index < -0.39 is 5.97 Å². The van der Waals surface area contributed by atoms with Crippen LogP contribution in [-0.4, -0.2) is 24.4 Å². The summed E-state index contributed by atoms with van der Waals surface area (Å²) in [4.78, 5) is 15.4. The van der Waals surface area contributed by atoms with Crippen molar-refractivity contribution in [2.24, 2.45) is 22.4 Å². The molecule has 0 bridgehead atoms. The fraction of sp³-hybridized carbons (Fsp3) is 0.636. The van der Waals surface area contributed by atoms with E-state index in [9.17, 15) is 4.79 Å². The second-order valence-electron chi connectivity index (χ2n) is 4.49. The van der Waals surface area contributed by atoms with Crippen LogP contribution in [0.1, 0.15) is 20.8 Å². The molecule has 0 spiro atoms. The maximum Gasteiger partial charge on any atom is 0.307 e. The van der Waals surface area contributed by atoms with Gasteiger partial charge in [0, 0.05) is 0 Å². The van der Waals surface area contributed by atoms with Gasteiger partial charge in [-0.15, -0.1) is 0 Å². The van der Waals surface area contributed by atoms with E-state index in [0.717, 1.165) is 5.57 Å². The van der Waals surface area contributed by atoms with Crippen LogP contribution in [-0.2, 0) is 9.63 Å². The van der Waals surface area contributed by atoms with Gasteiger partial charge < -0.3 is 9.94 Å². The van der Waals surface area contributed by atoms with Crippen molar-refractivity contribution in [3.63, 3.8) is 0 Å². The summed E-state index contributed by atoms with van der Waals surface area (Å²) in [6, 6.07) is 0. The van der Waals surface area contributed by atoms with E-state index in [1.54, 1.807) is 6.21 Å². The fourth-order valence-electron chi connectivity index (χ4n) is 1.92. The molecule has 4 nitrogen and oxygen atoms in total. The molecule has 1 saturated carbocycles. The highest BCUT2D eigenvalue weighted by Gasteiger charge is 2.60. The maximum atomic E-state index is 10.9. The van der Waals surface area contributed by atoms with E-state index in [-0.39, 0.29) is 17.3 Å². The fourth-order valence-corrected chi connectivity index (χ4v) is 1.92. The van der Waals surface area contributed by atoms with Crippen LogP contribution in [0.25, 0.3) is 0 Å². The summed E-state index contributed by atoms with van der Waals surface area (Å²) in [7, 11) is 1.48. The molecule has 0 radical (unpaired) electrons. The molecule has 2 unspecified atom stereocenters. The number of allylic oxidation sites excluding steroid dienone is 2. The highest BCUT2D eigenvalue weighted by Crippen LogP contribution is 2.59. The first kappa shape index (κ1) is 11.8. The lowest BCUT2D eigenvalue weighted by Crippen LogP contribution is -2.03. The van der Waals surface area contributed by atoms with Crippen molar-refractivity contribution in [3.05, 3.63) is 11.6 Å². The predicted molar refractivity (Wildman–Crippen MR) is 57.7 cm³/mol. The Bertz CT molecular complexity index is 318. The molecule has 1 aliphatic rings. The standard InChI is InChI=1S/C11H17NO3/c1-7(6-12-15-4)5-8-9(10(13)14)11(8,2)3/h5-6,8-9H,1-4H3,(H,13,14). The smallest absolute Gasteiger partial charge is 0.307 e. The maximum absolute atomic E-state index is 10.9. The van der Waals surface area contributed by atoms with Crippen LogP contribution in [0.4, 0.5) is 0 Å². The van der Waals surface area contributed by atoms with Crippen molar-refractivity contribution in [2.75, 3.05) is 7.11 Å². The molecule has 0 saturated heterocycles. The van der Waals surface area contributed by atoms with Gasteiger partial charge in [0.05, 0.1) is 12.1 Å². The number of oxime groups is 1. The molecule has 0 aromatic carbocycles. The Kier molecular flexibility index (Phi) is 3.17. The number of carboxylic acids is 1. The van der Waals surface area contributed by atoms with Gasteiger partial charge in [0.15, 0.2) is 0 Å². The first-order valence-corrected chi connectivity index (χ1v) is 4.89. The summed E-state index contributed by atoms with van der Waals surface area (Å²) in [5.74, 6) is -0.903. The zero-order chi connectivity index (χ0) is 11.6. The second kappa shape index (κ2) is 4.04. The average molecular weight is 211 g/mol. The number of hydrogen-bond donors (Lipinski definition) is 1. The molecule has 0 amide bonds. The first-order chi connectivity index (χ1) is 6.91. The Labute approximate surface area is 89.6 Å². The topological polar surface area (TPSA) is 58.9 Å². The normalized spacial score (nSPS) is 29.2. The molecular formula is C11H17NO3. The Morgan fingerprint density at radius 2 is 2.13 bits per heavy atom.